The van der Waals surface area contributed by atoms with Crippen molar-refractivity contribution in [3.63, 3.8) is 0 Å². The first kappa shape index (κ1) is 22.2. The van der Waals surface area contributed by atoms with Crippen LogP contribution in [0.25, 0.3) is 22.1 Å². The SMILES string of the molecule is CCC.Cc1cc2c(=O)n(C)oc2cc1Nc1ncc2c(n1)n(C1CCSC1)c(=O)n2C. The third-order valence-electron chi connectivity index (χ3n) is 5.43. The van der Waals surface area contributed by atoms with Crippen LogP contribution < -0.4 is 16.6 Å². The van der Waals surface area contributed by atoms with E-state index in [2.05, 4.69) is 29.1 Å². The number of hydrogen-bond donors (Lipinski definition) is 1. The molecule has 0 spiro atoms. The molecule has 1 saturated heterocycles. The van der Waals surface area contributed by atoms with Gasteiger partial charge in [0.2, 0.25) is 5.95 Å². The molecular weight excluding hydrogens is 428 g/mol. The van der Waals surface area contributed by atoms with Crippen LogP contribution in [0.3, 0.4) is 0 Å². The molecule has 3 aromatic heterocycles. The number of rotatable bonds is 3. The first-order valence-corrected chi connectivity index (χ1v) is 11.9. The molecule has 1 N–H and O–H groups in total. The zero-order chi connectivity index (χ0) is 23.0. The molecule has 32 heavy (non-hydrogen) atoms. The van der Waals surface area contributed by atoms with Crippen molar-refractivity contribution < 1.29 is 4.52 Å². The molecule has 10 heteroatoms. The fourth-order valence-corrected chi connectivity index (χ4v) is 4.99. The number of nitrogens with zero attached hydrogens (tertiary/aromatic N) is 5. The Hall–Kier alpha value is -3.01. The first-order chi connectivity index (χ1) is 15.3. The summed E-state index contributed by atoms with van der Waals surface area (Å²) in [7, 11) is 3.33. The summed E-state index contributed by atoms with van der Waals surface area (Å²) in [6, 6.07) is 3.71. The van der Waals surface area contributed by atoms with Gasteiger partial charge in [-0.1, -0.05) is 20.3 Å². The second-order valence-electron chi connectivity index (χ2n) is 8.02. The quantitative estimate of drug-likeness (QED) is 0.501. The van der Waals surface area contributed by atoms with Gasteiger partial charge in [-0.15, -0.1) is 0 Å². The highest BCUT2D eigenvalue weighted by atomic mass is 32.2. The standard InChI is InChI=1S/C19H20N6O3S.C3H8/c1-10-6-12-15(28-24(3)17(12)26)7-13(10)21-18-20-8-14-16(22-18)25(19(27)23(14)2)11-4-5-29-9-11;1-3-2/h6-8,11H,4-5,9H2,1-3H3,(H,20,21,22);3H2,1-2H3. The van der Waals surface area contributed by atoms with E-state index in [9.17, 15) is 9.59 Å². The maximum Gasteiger partial charge on any atom is 0.330 e. The fourth-order valence-electron chi connectivity index (χ4n) is 3.80. The Morgan fingerprint density at radius 1 is 1.25 bits per heavy atom. The Labute approximate surface area is 189 Å². The Kier molecular flexibility index (Phi) is 6.14. The predicted molar refractivity (Wildman–Crippen MR) is 129 cm³/mol. The molecule has 1 aliphatic rings. The van der Waals surface area contributed by atoms with Crippen LogP contribution in [0.2, 0.25) is 0 Å². The Balaban J connectivity index is 0.000000775. The fraction of sp³-hybridized carbons (Fsp3) is 0.455. The monoisotopic (exact) mass is 456 g/mol. The van der Waals surface area contributed by atoms with E-state index < -0.39 is 0 Å². The highest BCUT2D eigenvalue weighted by Crippen LogP contribution is 2.30. The van der Waals surface area contributed by atoms with E-state index in [-0.39, 0.29) is 17.3 Å². The van der Waals surface area contributed by atoms with Gasteiger partial charge < -0.3 is 9.84 Å². The molecule has 0 radical (unpaired) electrons. The van der Waals surface area contributed by atoms with Crippen LogP contribution in [-0.2, 0) is 14.1 Å². The van der Waals surface area contributed by atoms with E-state index in [4.69, 9.17) is 4.52 Å². The lowest BCUT2D eigenvalue weighted by Gasteiger charge is -2.11. The van der Waals surface area contributed by atoms with Gasteiger partial charge in [-0.3, -0.25) is 13.9 Å². The van der Waals surface area contributed by atoms with E-state index >= 15 is 0 Å². The van der Waals surface area contributed by atoms with Gasteiger partial charge in [0.05, 0.1) is 17.6 Å². The van der Waals surface area contributed by atoms with Crippen LogP contribution in [0.15, 0.2) is 32.4 Å². The molecule has 5 rings (SSSR count). The summed E-state index contributed by atoms with van der Waals surface area (Å²) in [6.45, 7) is 6.15. The van der Waals surface area contributed by atoms with Gasteiger partial charge in [0.1, 0.15) is 5.52 Å². The average molecular weight is 457 g/mol. The van der Waals surface area contributed by atoms with Gasteiger partial charge in [-0.25, -0.2) is 9.78 Å². The predicted octanol–water partition coefficient (Wildman–Crippen LogP) is 3.72. The average Bonchev–Trinajstić information content (AvgIpc) is 3.44. The smallest absolute Gasteiger partial charge is 0.330 e. The maximum atomic E-state index is 12.8. The molecule has 9 nitrogen and oxygen atoms in total. The molecule has 4 heterocycles. The summed E-state index contributed by atoms with van der Waals surface area (Å²) in [5.41, 5.74) is 3.21. The van der Waals surface area contributed by atoms with Crippen LogP contribution in [0.1, 0.15) is 38.3 Å². The van der Waals surface area contributed by atoms with Gasteiger partial charge in [0.15, 0.2) is 11.2 Å². The number of fused-ring (bicyclic) bond motifs is 2. The van der Waals surface area contributed by atoms with Crippen molar-refractivity contribution in [3.8, 4) is 0 Å². The molecule has 170 valence electrons. The summed E-state index contributed by atoms with van der Waals surface area (Å²) in [4.78, 5) is 33.9. The first-order valence-electron chi connectivity index (χ1n) is 10.7. The van der Waals surface area contributed by atoms with Crippen molar-refractivity contribution in [2.24, 2.45) is 14.1 Å². The number of imidazole rings is 1. The number of benzene rings is 1. The molecule has 0 bridgehead atoms. The van der Waals surface area contributed by atoms with Gasteiger partial charge in [-0.2, -0.15) is 21.5 Å². The van der Waals surface area contributed by atoms with E-state index in [1.54, 1.807) is 41.6 Å². The van der Waals surface area contributed by atoms with E-state index in [1.165, 1.54) is 11.2 Å². The third-order valence-corrected chi connectivity index (χ3v) is 6.57. The summed E-state index contributed by atoms with van der Waals surface area (Å²) in [6.07, 6.45) is 3.88. The van der Waals surface area contributed by atoms with Crippen molar-refractivity contribution in [1.82, 2.24) is 23.8 Å². The number of aryl methyl sites for hydroxylation is 3. The van der Waals surface area contributed by atoms with Crippen molar-refractivity contribution >= 4 is 45.5 Å². The highest BCUT2D eigenvalue weighted by molar-refractivity contribution is 7.99. The summed E-state index contributed by atoms with van der Waals surface area (Å²) in [5, 5.41) is 3.74. The minimum Gasteiger partial charge on any atom is -0.376 e. The molecule has 0 amide bonds. The molecule has 1 aromatic carbocycles. The van der Waals surface area contributed by atoms with Crippen LogP contribution in [0, 0.1) is 6.92 Å². The summed E-state index contributed by atoms with van der Waals surface area (Å²) < 4.78 is 10.1. The third kappa shape index (κ3) is 3.83. The zero-order valence-corrected chi connectivity index (χ0v) is 19.8. The summed E-state index contributed by atoms with van der Waals surface area (Å²) >= 11 is 1.85. The number of hydrogen-bond acceptors (Lipinski definition) is 7. The molecule has 1 fully saturated rings. The van der Waals surface area contributed by atoms with Crippen molar-refractivity contribution in [2.45, 2.75) is 39.7 Å². The molecule has 4 aromatic rings. The Bertz CT molecular complexity index is 1390. The lowest BCUT2D eigenvalue weighted by Crippen LogP contribution is -2.26. The number of thioether (sulfide) groups is 1. The van der Waals surface area contributed by atoms with E-state index in [0.717, 1.165) is 29.2 Å². The van der Waals surface area contributed by atoms with E-state index in [0.29, 0.717) is 28.1 Å². The van der Waals surface area contributed by atoms with Gasteiger partial charge >= 0.3 is 5.69 Å². The minimum atomic E-state index is -0.171. The Morgan fingerprint density at radius 2 is 2.00 bits per heavy atom. The maximum absolute atomic E-state index is 12.8. The number of aromatic nitrogens is 5. The lowest BCUT2D eigenvalue weighted by molar-refractivity contribution is 0.324. The van der Waals surface area contributed by atoms with E-state index in [1.807, 2.05) is 18.7 Å². The van der Waals surface area contributed by atoms with Crippen LogP contribution in [0.5, 0.6) is 0 Å². The van der Waals surface area contributed by atoms with Gasteiger partial charge in [0.25, 0.3) is 5.56 Å². The molecule has 0 aliphatic carbocycles. The molecule has 1 aliphatic heterocycles. The topological polar surface area (TPSA) is 99.9 Å². The van der Waals surface area contributed by atoms with Crippen molar-refractivity contribution in [3.05, 3.63) is 44.7 Å². The largest absolute Gasteiger partial charge is 0.376 e. The van der Waals surface area contributed by atoms with Crippen LogP contribution >= 0.6 is 11.8 Å². The molecule has 1 atom stereocenters. The van der Waals surface area contributed by atoms with Crippen molar-refractivity contribution in [2.75, 3.05) is 16.8 Å². The molecular formula is C22H28N6O3S. The molecule has 0 saturated carbocycles. The lowest BCUT2D eigenvalue weighted by atomic mass is 10.1. The second-order valence-corrected chi connectivity index (χ2v) is 9.17. The van der Waals surface area contributed by atoms with Crippen LogP contribution in [-0.4, -0.2) is 35.3 Å². The molecule has 1 unspecified atom stereocenters. The van der Waals surface area contributed by atoms with Gasteiger partial charge in [0, 0.05) is 31.6 Å². The number of anilines is 2. The Morgan fingerprint density at radius 3 is 2.69 bits per heavy atom. The number of nitrogens with one attached hydrogen (secondary N) is 1. The highest BCUT2D eigenvalue weighted by Gasteiger charge is 2.24. The van der Waals surface area contributed by atoms with Crippen LogP contribution in [0.4, 0.5) is 11.6 Å². The van der Waals surface area contributed by atoms with Gasteiger partial charge in [-0.05, 0) is 30.7 Å². The minimum absolute atomic E-state index is 0.0670. The normalized spacial score (nSPS) is 15.8. The van der Waals surface area contributed by atoms with Crippen molar-refractivity contribution in [1.29, 1.82) is 0 Å². The summed E-state index contributed by atoms with van der Waals surface area (Å²) in [5.74, 6) is 2.35. The zero-order valence-electron chi connectivity index (χ0n) is 19.0. The second kappa shape index (κ2) is 8.85.